The first-order valence-electron chi connectivity index (χ1n) is 11.3. The maximum atomic E-state index is 11.3. The van der Waals surface area contributed by atoms with Gasteiger partial charge < -0.3 is 14.7 Å². The molecule has 1 N–H and O–H groups in total. The summed E-state index contributed by atoms with van der Waals surface area (Å²) in [5, 5.41) is 21.1. The summed E-state index contributed by atoms with van der Waals surface area (Å²) in [6.45, 7) is 6.42. The van der Waals surface area contributed by atoms with Crippen LogP contribution in [0.2, 0.25) is 5.02 Å². The highest BCUT2D eigenvalue weighted by Gasteiger charge is 2.34. The molecule has 1 aliphatic rings. The van der Waals surface area contributed by atoms with Crippen LogP contribution in [0.25, 0.3) is 0 Å². The third-order valence-electron chi connectivity index (χ3n) is 6.39. The number of nitrogens with zero attached hydrogens (tertiary/aromatic N) is 4. The van der Waals surface area contributed by atoms with Crippen molar-refractivity contribution in [3.8, 4) is 11.8 Å². The van der Waals surface area contributed by atoms with E-state index >= 15 is 0 Å². The van der Waals surface area contributed by atoms with Crippen molar-refractivity contribution in [3.63, 3.8) is 0 Å². The van der Waals surface area contributed by atoms with Crippen LogP contribution in [0.15, 0.2) is 60.8 Å². The van der Waals surface area contributed by atoms with E-state index in [2.05, 4.69) is 26.9 Å². The standard InChI is InChI=1S/C27H29ClN4O2/c1-19-7-9-22(16-30-19)27(2,33)18-31-11-12-32(25-10-8-20(15-29)13-24(25)28)26(17-31)21-5-4-6-23(14-21)34-3/h4-10,13-14,16,26,33H,11-12,17-18H2,1-3H3/t26-,27+/m0/s1. The summed E-state index contributed by atoms with van der Waals surface area (Å²) in [6.07, 6.45) is 1.75. The van der Waals surface area contributed by atoms with E-state index in [9.17, 15) is 10.4 Å². The van der Waals surface area contributed by atoms with Gasteiger partial charge in [0.2, 0.25) is 0 Å². The van der Waals surface area contributed by atoms with Gasteiger partial charge in [-0.25, -0.2) is 0 Å². The molecule has 0 radical (unpaired) electrons. The predicted octanol–water partition coefficient (Wildman–Crippen LogP) is 4.69. The Balaban J connectivity index is 1.64. The fourth-order valence-corrected chi connectivity index (χ4v) is 4.82. The molecular weight excluding hydrogens is 448 g/mol. The number of benzene rings is 2. The lowest BCUT2D eigenvalue weighted by molar-refractivity contribution is 0.0100. The predicted molar refractivity (Wildman–Crippen MR) is 134 cm³/mol. The zero-order valence-corrected chi connectivity index (χ0v) is 20.5. The molecule has 0 unspecified atom stereocenters. The molecule has 7 heteroatoms. The van der Waals surface area contributed by atoms with Crippen molar-refractivity contribution >= 4 is 17.3 Å². The minimum atomic E-state index is -1.03. The second-order valence-electron chi connectivity index (χ2n) is 8.96. The van der Waals surface area contributed by atoms with Gasteiger partial charge in [0.15, 0.2) is 0 Å². The number of aromatic nitrogens is 1. The number of piperazine rings is 1. The van der Waals surface area contributed by atoms with Gasteiger partial charge in [0.05, 0.1) is 35.5 Å². The van der Waals surface area contributed by atoms with Crippen LogP contribution in [-0.4, -0.2) is 48.3 Å². The highest BCUT2D eigenvalue weighted by atomic mass is 35.5. The van der Waals surface area contributed by atoms with E-state index in [0.717, 1.165) is 41.3 Å². The van der Waals surface area contributed by atoms with E-state index in [1.165, 1.54) is 0 Å². The molecule has 3 aromatic rings. The molecule has 34 heavy (non-hydrogen) atoms. The minimum absolute atomic E-state index is 0.0128. The molecule has 0 saturated carbocycles. The van der Waals surface area contributed by atoms with E-state index in [1.54, 1.807) is 25.4 Å². The average Bonchev–Trinajstić information content (AvgIpc) is 2.84. The maximum Gasteiger partial charge on any atom is 0.119 e. The zero-order chi connectivity index (χ0) is 24.3. The summed E-state index contributed by atoms with van der Waals surface area (Å²) in [5.41, 5.74) is 3.21. The molecule has 1 aromatic heterocycles. The number of ether oxygens (including phenoxy) is 1. The third kappa shape index (κ3) is 5.18. The normalized spacial score (nSPS) is 18.2. The monoisotopic (exact) mass is 476 g/mol. The number of nitriles is 1. The third-order valence-corrected chi connectivity index (χ3v) is 6.70. The molecule has 4 rings (SSSR count). The molecule has 2 heterocycles. The lowest BCUT2D eigenvalue weighted by atomic mass is 9.94. The first kappa shape index (κ1) is 24.0. The van der Waals surface area contributed by atoms with E-state index in [4.69, 9.17) is 16.3 Å². The van der Waals surface area contributed by atoms with Gasteiger partial charge in [0, 0.05) is 43.6 Å². The molecule has 0 amide bonds. The molecule has 0 bridgehead atoms. The van der Waals surface area contributed by atoms with Gasteiger partial charge in [-0.05, 0) is 55.8 Å². The van der Waals surface area contributed by atoms with Crippen molar-refractivity contribution in [1.29, 1.82) is 5.26 Å². The van der Waals surface area contributed by atoms with Crippen LogP contribution in [0.1, 0.15) is 35.3 Å². The van der Waals surface area contributed by atoms with Gasteiger partial charge in [-0.1, -0.05) is 29.8 Å². The minimum Gasteiger partial charge on any atom is -0.497 e. The summed E-state index contributed by atoms with van der Waals surface area (Å²) < 4.78 is 5.47. The SMILES string of the molecule is COc1cccc([C@@H]2CN(C[C@@](C)(O)c3ccc(C)nc3)CCN2c2ccc(C#N)cc2Cl)c1. The Labute approximate surface area is 206 Å². The van der Waals surface area contributed by atoms with Crippen molar-refractivity contribution in [2.24, 2.45) is 0 Å². The first-order valence-corrected chi connectivity index (χ1v) is 11.7. The smallest absolute Gasteiger partial charge is 0.119 e. The van der Waals surface area contributed by atoms with Crippen LogP contribution in [-0.2, 0) is 5.60 Å². The van der Waals surface area contributed by atoms with E-state index in [-0.39, 0.29) is 6.04 Å². The molecule has 1 saturated heterocycles. The Morgan fingerprint density at radius 2 is 2.03 bits per heavy atom. The Hall–Kier alpha value is -3.11. The van der Waals surface area contributed by atoms with Crippen LogP contribution in [0, 0.1) is 18.3 Å². The number of aliphatic hydroxyl groups is 1. The first-order chi connectivity index (χ1) is 16.3. The molecule has 0 aliphatic carbocycles. The Kier molecular flexibility index (Phi) is 7.08. The van der Waals surface area contributed by atoms with Gasteiger partial charge in [-0.2, -0.15) is 5.26 Å². The average molecular weight is 477 g/mol. The van der Waals surface area contributed by atoms with Crippen LogP contribution < -0.4 is 9.64 Å². The second kappa shape index (κ2) is 10.0. The number of hydrogen-bond acceptors (Lipinski definition) is 6. The number of pyridine rings is 1. The number of β-amino-alcohol motifs (C(OH)–C–C–N with tert-alkyl or cyclic N) is 1. The summed E-state index contributed by atoms with van der Waals surface area (Å²) in [6, 6.07) is 19.5. The summed E-state index contributed by atoms with van der Waals surface area (Å²) in [4.78, 5) is 8.91. The van der Waals surface area contributed by atoms with E-state index in [0.29, 0.717) is 23.7 Å². The molecule has 6 nitrogen and oxygen atoms in total. The zero-order valence-electron chi connectivity index (χ0n) is 19.7. The molecular formula is C27H29ClN4O2. The maximum absolute atomic E-state index is 11.3. The quantitative estimate of drug-likeness (QED) is 0.556. The van der Waals surface area contributed by atoms with Crippen LogP contribution in [0.5, 0.6) is 5.75 Å². The molecule has 1 aliphatic heterocycles. The summed E-state index contributed by atoms with van der Waals surface area (Å²) in [7, 11) is 1.66. The van der Waals surface area contributed by atoms with Gasteiger partial charge in [0.25, 0.3) is 0 Å². The molecule has 0 spiro atoms. The highest BCUT2D eigenvalue weighted by Crippen LogP contribution is 2.37. The van der Waals surface area contributed by atoms with Gasteiger partial charge in [0.1, 0.15) is 11.4 Å². The van der Waals surface area contributed by atoms with Crippen molar-refractivity contribution < 1.29 is 9.84 Å². The van der Waals surface area contributed by atoms with Crippen LogP contribution >= 0.6 is 11.6 Å². The Morgan fingerprint density at radius 3 is 2.71 bits per heavy atom. The van der Waals surface area contributed by atoms with Crippen molar-refractivity contribution in [2.45, 2.75) is 25.5 Å². The molecule has 1 fully saturated rings. The molecule has 2 aromatic carbocycles. The molecule has 176 valence electrons. The number of anilines is 1. The number of methoxy groups -OCH3 is 1. The number of halogens is 1. The number of hydrogen-bond donors (Lipinski definition) is 1. The van der Waals surface area contributed by atoms with Gasteiger partial charge in [-0.3, -0.25) is 9.88 Å². The topological polar surface area (TPSA) is 72.6 Å². The highest BCUT2D eigenvalue weighted by molar-refractivity contribution is 6.33. The van der Waals surface area contributed by atoms with Crippen molar-refractivity contribution in [1.82, 2.24) is 9.88 Å². The largest absolute Gasteiger partial charge is 0.497 e. The lowest BCUT2D eigenvalue weighted by Crippen LogP contribution is -2.52. The van der Waals surface area contributed by atoms with E-state index in [1.807, 2.05) is 50.2 Å². The van der Waals surface area contributed by atoms with Gasteiger partial charge >= 0.3 is 0 Å². The van der Waals surface area contributed by atoms with Crippen LogP contribution in [0.3, 0.4) is 0 Å². The summed E-state index contributed by atoms with van der Waals surface area (Å²) in [5.74, 6) is 0.790. The fourth-order valence-electron chi connectivity index (χ4n) is 4.53. The van der Waals surface area contributed by atoms with E-state index < -0.39 is 5.60 Å². The van der Waals surface area contributed by atoms with Crippen molar-refractivity contribution in [3.05, 3.63) is 88.2 Å². The Bertz CT molecular complexity index is 1190. The second-order valence-corrected chi connectivity index (χ2v) is 9.37. The molecule has 2 atom stereocenters. The lowest BCUT2D eigenvalue weighted by Gasteiger charge is -2.45. The number of aryl methyl sites for hydroxylation is 1. The van der Waals surface area contributed by atoms with Crippen molar-refractivity contribution in [2.75, 3.05) is 38.2 Å². The number of rotatable bonds is 6. The van der Waals surface area contributed by atoms with Gasteiger partial charge in [-0.15, -0.1) is 0 Å². The van der Waals surface area contributed by atoms with Crippen LogP contribution in [0.4, 0.5) is 5.69 Å². The fraction of sp³-hybridized carbons (Fsp3) is 0.333. The summed E-state index contributed by atoms with van der Waals surface area (Å²) >= 11 is 6.61. The Morgan fingerprint density at radius 1 is 1.21 bits per heavy atom.